The number of amides is 1. The Morgan fingerprint density at radius 1 is 1.57 bits per heavy atom. The molecule has 0 aliphatic rings. The Balaban J connectivity index is 2.57. The molecule has 0 saturated heterocycles. The van der Waals surface area contributed by atoms with Crippen molar-refractivity contribution in [3.63, 3.8) is 0 Å². The number of hydrogen-bond donors (Lipinski definition) is 0. The Bertz CT molecular complexity index is 322. The Morgan fingerprint density at radius 2 is 2.21 bits per heavy atom. The van der Waals surface area contributed by atoms with Crippen molar-refractivity contribution in [2.24, 2.45) is 0 Å². The van der Waals surface area contributed by atoms with Gasteiger partial charge in [-0.05, 0) is 19.1 Å². The van der Waals surface area contributed by atoms with Gasteiger partial charge < -0.3 is 9.32 Å². The van der Waals surface area contributed by atoms with E-state index in [1.165, 1.54) is 4.90 Å². The van der Waals surface area contributed by atoms with Crippen molar-refractivity contribution < 1.29 is 9.21 Å². The summed E-state index contributed by atoms with van der Waals surface area (Å²) in [6, 6.07) is 3.66. The minimum Gasteiger partial charge on any atom is -0.464 e. The zero-order valence-electron chi connectivity index (χ0n) is 7.96. The van der Waals surface area contributed by atoms with Crippen LogP contribution in [-0.4, -0.2) is 22.7 Å². The lowest BCUT2D eigenvalue weighted by Crippen LogP contribution is -2.30. The van der Waals surface area contributed by atoms with Crippen LogP contribution in [0.25, 0.3) is 0 Å². The summed E-state index contributed by atoms with van der Waals surface area (Å²) < 4.78 is 5.30. The Hall–Kier alpha value is -0.670. The zero-order chi connectivity index (χ0) is 10.7. The molecule has 0 atom stereocenters. The van der Waals surface area contributed by atoms with Gasteiger partial charge in [0.05, 0.1) is 6.54 Å². The van der Waals surface area contributed by atoms with Gasteiger partial charge in [-0.15, -0.1) is 0 Å². The molecule has 0 saturated carbocycles. The molecular formula is C9H11Cl2NO2. The van der Waals surface area contributed by atoms with E-state index in [0.717, 1.165) is 5.76 Å². The van der Waals surface area contributed by atoms with Crippen LogP contribution in [0.3, 0.4) is 0 Å². The predicted octanol–water partition coefficient (Wildman–Crippen LogP) is 2.35. The summed E-state index contributed by atoms with van der Waals surface area (Å²) in [5, 5.41) is 0. The van der Waals surface area contributed by atoms with Crippen LogP contribution in [0.4, 0.5) is 0 Å². The molecule has 0 radical (unpaired) electrons. The number of aryl methyl sites for hydroxylation is 1. The highest BCUT2D eigenvalue weighted by Gasteiger charge is 2.17. The highest BCUT2D eigenvalue weighted by Crippen LogP contribution is 2.11. The molecule has 1 amide bonds. The highest BCUT2D eigenvalue weighted by molar-refractivity contribution is 6.53. The van der Waals surface area contributed by atoms with Crippen LogP contribution in [0.15, 0.2) is 16.5 Å². The van der Waals surface area contributed by atoms with Crippen LogP contribution in [0, 0.1) is 6.92 Å². The van der Waals surface area contributed by atoms with Crippen molar-refractivity contribution in [1.29, 1.82) is 0 Å². The van der Waals surface area contributed by atoms with E-state index >= 15 is 0 Å². The molecule has 3 nitrogen and oxygen atoms in total. The van der Waals surface area contributed by atoms with Gasteiger partial charge in [-0.3, -0.25) is 4.79 Å². The van der Waals surface area contributed by atoms with E-state index in [9.17, 15) is 4.79 Å². The molecule has 78 valence electrons. The van der Waals surface area contributed by atoms with Crippen molar-refractivity contribution in [2.45, 2.75) is 18.3 Å². The normalized spacial score (nSPS) is 10.6. The number of halogens is 2. The lowest BCUT2D eigenvalue weighted by molar-refractivity contribution is -0.128. The second-order valence-electron chi connectivity index (χ2n) is 3.01. The minimum atomic E-state index is -1.02. The fourth-order valence-electron chi connectivity index (χ4n) is 1.05. The molecule has 5 heteroatoms. The number of carbonyl (C=O) groups excluding carboxylic acids is 1. The first kappa shape index (κ1) is 11.4. The third-order valence-corrected chi connectivity index (χ3v) is 2.13. The number of alkyl halides is 2. The lowest BCUT2D eigenvalue weighted by atomic mass is 10.4. The minimum absolute atomic E-state index is 0.331. The standard InChI is InChI=1S/C9H11Cl2NO2/c1-6-3-4-7(14-6)5-12(2)9(13)8(10)11/h3-4,8H,5H2,1-2H3. The zero-order valence-corrected chi connectivity index (χ0v) is 9.47. The summed E-state index contributed by atoms with van der Waals surface area (Å²) in [7, 11) is 1.62. The summed E-state index contributed by atoms with van der Waals surface area (Å²) in [5.41, 5.74) is 0. The Kier molecular flexibility index (Phi) is 3.84. The van der Waals surface area contributed by atoms with Gasteiger partial charge in [0.25, 0.3) is 5.91 Å². The largest absolute Gasteiger partial charge is 0.464 e. The number of nitrogens with zero attached hydrogens (tertiary/aromatic N) is 1. The van der Waals surface area contributed by atoms with Crippen LogP contribution >= 0.6 is 23.2 Å². The van der Waals surface area contributed by atoms with E-state index in [0.29, 0.717) is 12.3 Å². The Labute approximate surface area is 92.6 Å². The van der Waals surface area contributed by atoms with E-state index < -0.39 is 4.84 Å². The van der Waals surface area contributed by atoms with Gasteiger partial charge in [0.15, 0.2) is 4.84 Å². The predicted molar refractivity (Wildman–Crippen MR) is 55.4 cm³/mol. The van der Waals surface area contributed by atoms with Gasteiger partial charge in [-0.25, -0.2) is 0 Å². The van der Waals surface area contributed by atoms with Crippen LogP contribution in [0.5, 0.6) is 0 Å². The van der Waals surface area contributed by atoms with Crippen molar-refractivity contribution in [1.82, 2.24) is 4.90 Å². The molecule has 1 rings (SSSR count). The van der Waals surface area contributed by atoms with Crippen molar-refractivity contribution in [2.75, 3.05) is 7.05 Å². The van der Waals surface area contributed by atoms with Crippen LogP contribution in [0.2, 0.25) is 0 Å². The first-order chi connectivity index (χ1) is 6.50. The van der Waals surface area contributed by atoms with Gasteiger partial charge in [-0.2, -0.15) is 0 Å². The molecule has 1 heterocycles. The third kappa shape index (κ3) is 2.93. The lowest BCUT2D eigenvalue weighted by Gasteiger charge is -2.15. The van der Waals surface area contributed by atoms with Gasteiger partial charge in [0, 0.05) is 7.05 Å². The molecule has 1 aromatic rings. The maximum absolute atomic E-state index is 11.3. The molecular weight excluding hydrogens is 225 g/mol. The smallest absolute Gasteiger partial charge is 0.256 e. The topological polar surface area (TPSA) is 33.5 Å². The highest BCUT2D eigenvalue weighted by atomic mass is 35.5. The number of carbonyl (C=O) groups is 1. The second-order valence-corrected chi connectivity index (χ2v) is 4.10. The number of furan rings is 1. The monoisotopic (exact) mass is 235 g/mol. The van der Waals surface area contributed by atoms with E-state index in [1.54, 1.807) is 7.05 Å². The first-order valence-electron chi connectivity index (χ1n) is 4.09. The van der Waals surface area contributed by atoms with Gasteiger partial charge in [-0.1, -0.05) is 23.2 Å². The summed E-state index contributed by atoms with van der Waals surface area (Å²) in [5.74, 6) is 1.20. The number of rotatable bonds is 3. The molecule has 14 heavy (non-hydrogen) atoms. The molecule has 0 bridgehead atoms. The van der Waals surface area contributed by atoms with Crippen LogP contribution < -0.4 is 0 Å². The molecule has 1 aromatic heterocycles. The van der Waals surface area contributed by atoms with E-state index in [2.05, 4.69) is 0 Å². The van der Waals surface area contributed by atoms with Crippen LogP contribution in [0.1, 0.15) is 11.5 Å². The summed E-state index contributed by atoms with van der Waals surface area (Å²) >= 11 is 10.9. The fraction of sp³-hybridized carbons (Fsp3) is 0.444. The molecule has 0 aliphatic carbocycles. The molecule has 0 unspecified atom stereocenters. The molecule has 0 N–H and O–H groups in total. The van der Waals surface area contributed by atoms with Gasteiger partial charge >= 0.3 is 0 Å². The molecule has 0 spiro atoms. The molecule has 0 fully saturated rings. The maximum atomic E-state index is 11.3. The van der Waals surface area contributed by atoms with Crippen LogP contribution in [-0.2, 0) is 11.3 Å². The van der Waals surface area contributed by atoms with E-state index in [4.69, 9.17) is 27.6 Å². The average molecular weight is 236 g/mol. The summed E-state index contributed by atoms with van der Waals surface area (Å²) in [6.07, 6.45) is 0. The van der Waals surface area contributed by atoms with Gasteiger partial charge in [0.1, 0.15) is 11.5 Å². The first-order valence-corrected chi connectivity index (χ1v) is 4.96. The molecule has 0 aromatic carbocycles. The summed E-state index contributed by atoms with van der Waals surface area (Å²) in [6.45, 7) is 2.22. The number of hydrogen-bond acceptors (Lipinski definition) is 2. The maximum Gasteiger partial charge on any atom is 0.256 e. The quantitative estimate of drug-likeness (QED) is 0.754. The fourth-order valence-corrected chi connectivity index (χ4v) is 1.38. The van der Waals surface area contributed by atoms with E-state index in [-0.39, 0.29) is 5.91 Å². The molecule has 0 aliphatic heterocycles. The summed E-state index contributed by atoms with van der Waals surface area (Å²) in [4.78, 5) is 11.7. The Morgan fingerprint density at radius 3 is 2.64 bits per heavy atom. The second kappa shape index (κ2) is 4.71. The van der Waals surface area contributed by atoms with E-state index in [1.807, 2.05) is 19.1 Å². The third-order valence-electron chi connectivity index (χ3n) is 1.75. The SMILES string of the molecule is Cc1ccc(CN(C)C(=O)C(Cl)Cl)o1. The van der Waals surface area contributed by atoms with Crippen molar-refractivity contribution >= 4 is 29.1 Å². The van der Waals surface area contributed by atoms with Crippen molar-refractivity contribution in [3.8, 4) is 0 Å². The average Bonchev–Trinajstić information content (AvgIpc) is 2.49. The van der Waals surface area contributed by atoms with Crippen molar-refractivity contribution in [3.05, 3.63) is 23.7 Å². The van der Waals surface area contributed by atoms with Gasteiger partial charge in [0.2, 0.25) is 0 Å².